The van der Waals surface area contributed by atoms with E-state index in [0.717, 1.165) is 73.1 Å². The fourth-order valence-corrected chi connectivity index (χ4v) is 6.85. The third-order valence-corrected chi connectivity index (χ3v) is 8.77. The number of aliphatic hydroxyl groups is 1. The number of aromatic nitrogens is 2. The monoisotopic (exact) mass is 481 g/mol. The second-order valence-electron chi connectivity index (χ2n) is 11.0. The van der Waals surface area contributed by atoms with Crippen LogP contribution in [0.15, 0.2) is 12.1 Å². The van der Waals surface area contributed by atoms with Crippen LogP contribution in [0.25, 0.3) is 11.0 Å². The average molecular weight is 482 g/mol. The van der Waals surface area contributed by atoms with Crippen LogP contribution in [0.2, 0.25) is 0 Å². The Morgan fingerprint density at radius 2 is 1.91 bits per heavy atom. The first kappa shape index (κ1) is 24.3. The maximum Gasteiger partial charge on any atom is 0.414 e. The topological polar surface area (TPSA) is 84.7 Å². The number of ether oxygens (including phenoxy) is 1. The Hall–Kier alpha value is -2.41. The molecule has 1 aliphatic heterocycles. The van der Waals surface area contributed by atoms with Gasteiger partial charge in [-0.2, -0.15) is 0 Å². The molecule has 0 spiro atoms. The molecule has 2 saturated carbocycles. The van der Waals surface area contributed by atoms with Crippen LogP contribution in [0.4, 0.5) is 10.5 Å². The number of ketones is 1. The zero-order valence-corrected chi connectivity index (χ0v) is 21.3. The van der Waals surface area contributed by atoms with E-state index in [9.17, 15) is 14.7 Å². The minimum absolute atomic E-state index is 0.0524. The number of carbonyl (C=O) groups is 2. The summed E-state index contributed by atoms with van der Waals surface area (Å²) in [4.78, 5) is 31.7. The predicted octanol–water partition coefficient (Wildman–Crippen LogP) is 5.88. The molecule has 0 unspecified atom stereocenters. The van der Waals surface area contributed by atoms with Gasteiger partial charge in [0.2, 0.25) is 0 Å². The lowest BCUT2D eigenvalue weighted by atomic mass is 9.83. The summed E-state index contributed by atoms with van der Waals surface area (Å²) in [7, 11) is 1.42. The highest BCUT2D eigenvalue weighted by molar-refractivity contribution is 5.95. The maximum absolute atomic E-state index is 12.6. The normalized spacial score (nSPS) is 26.1. The Balaban J connectivity index is 1.61. The molecule has 2 aromatic rings. The van der Waals surface area contributed by atoms with Gasteiger partial charge in [-0.3, -0.25) is 9.69 Å². The van der Waals surface area contributed by atoms with Crippen molar-refractivity contribution in [2.45, 2.75) is 103 Å². The Labute approximate surface area is 207 Å². The first-order valence-corrected chi connectivity index (χ1v) is 13.5. The van der Waals surface area contributed by atoms with Gasteiger partial charge in [0.05, 0.1) is 23.8 Å². The van der Waals surface area contributed by atoms with E-state index in [4.69, 9.17) is 9.72 Å². The average Bonchev–Trinajstić information content (AvgIpc) is 3.51. The van der Waals surface area contributed by atoms with E-state index in [2.05, 4.69) is 10.6 Å². The molecule has 1 N–H and O–H groups in total. The molecule has 0 radical (unpaired) electrons. The van der Waals surface area contributed by atoms with E-state index in [1.165, 1.54) is 32.8 Å². The number of rotatable bonds is 5. The molecule has 1 aromatic heterocycles. The van der Waals surface area contributed by atoms with Crippen molar-refractivity contribution in [2.75, 3.05) is 12.0 Å². The fourth-order valence-electron chi connectivity index (χ4n) is 6.85. The first-order chi connectivity index (χ1) is 16.9. The van der Waals surface area contributed by atoms with Gasteiger partial charge >= 0.3 is 6.09 Å². The van der Waals surface area contributed by atoms with E-state index < -0.39 is 6.10 Å². The first-order valence-electron chi connectivity index (χ1n) is 13.5. The Bertz CT molecular complexity index is 1100. The summed E-state index contributed by atoms with van der Waals surface area (Å²) in [6.07, 6.45) is 9.99. The number of carbonyl (C=O) groups excluding carboxylic acids is 2. The Morgan fingerprint density at radius 3 is 2.63 bits per heavy atom. The third-order valence-electron chi connectivity index (χ3n) is 8.77. The van der Waals surface area contributed by atoms with Crippen molar-refractivity contribution in [1.82, 2.24) is 9.55 Å². The van der Waals surface area contributed by atoms with E-state index in [1.807, 2.05) is 13.0 Å². The van der Waals surface area contributed by atoms with Crippen LogP contribution in [0.5, 0.6) is 0 Å². The molecule has 2 heterocycles. The number of aliphatic hydroxyl groups excluding tert-OH is 1. The second-order valence-corrected chi connectivity index (χ2v) is 11.0. The maximum atomic E-state index is 12.6. The summed E-state index contributed by atoms with van der Waals surface area (Å²) in [5.41, 5.74) is 3.80. The van der Waals surface area contributed by atoms with Gasteiger partial charge in [0.1, 0.15) is 17.7 Å². The summed E-state index contributed by atoms with van der Waals surface area (Å²) in [5.74, 6) is 1.60. The van der Waals surface area contributed by atoms with Gasteiger partial charge in [-0.15, -0.1) is 0 Å². The van der Waals surface area contributed by atoms with Crippen LogP contribution in [-0.4, -0.2) is 39.7 Å². The summed E-state index contributed by atoms with van der Waals surface area (Å²) in [6, 6.07) is 4.27. The van der Waals surface area contributed by atoms with Crippen molar-refractivity contribution in [1.29, 1.82) is 0 Å². The molecular weight excluding hydrogens is 442 g/mol. The zero-order valence-electron chi connectivity index (χ0n) is 21.3. The molecule has 5 rings (SSSR count). The van der Waals surface area contributed by atoms with Gasteiger partial charge in [-0.25, -0.2) is 9.78 Å². The number of amides is 1. The molecule has 1 amide bonds. The van der Waals surface area contributed by atoms with Crippen LogP contribution in [0, 0.1) is 11.8 Å². The standard InChI is InChI=1S/C28H39N3O4/c1-17-11-12-22-23(30(17)28(34)35-3)13-14-24-26(22)29-27(25(33)15-19-7-4-5-8-19)31(24)21-10-6-9-20(16-21)18(2)32/h13-14,17,19-21,25,33H,4-12,15-16H2,1-3H3/t17-,20+,21+,25-/m0/s1. The zero-order chi connectivity index (χ0) is 24.7. The number of benzene rings is 1. The summed E-state index contributed by atoms with van der Waals surface area (Å²) in [5, 5.41) is 11.5. The molecule has 1 aromatic carbocycles. The van der Waals surface area contributed by atoms with Gasteiger partial charge in [-0.05, 0) is 70.4 Å². The molecule has 0 saturated heterocycles. The molecule has 4 atom stereocenters. The lowest BCUT2D eigenvalue weighted by Gasteiger charge is -2.34. The lowest BCUT2D eigenvalue weighted by Crippen LogP contribution is -2.42. The largest absolute Gasteiger partial charge is 0.452 e. The molecule has 7 heteroatoms. The minimum Gasteiger partial charge on any atom is -0.452 e. The summed E-state index contributed by atoms with van der Waals surface area (Å²) in [6.45, 7) is 3.75. The molecule has 2 aliphatic carbocycles. The smallest absolute Gasteiger partial charge is 0.414 e. The van der Waals surface area contributed by atoms with Crippen molar-refractivity contribution in [2.24, 2.45) is 11.8 Å². The third kappa shape index (κ3) is 4.48. The van der Waals surface area contributed by atoms with Gasteiger partial charge in [-0.1, -0.05) is 32.1 Å². The molecule has 35 heavy (non-hydrogen) atoms. The number of hydrogen-bond acceptors (Lipinski definition) is 5. The number of aryl methyl sites for hydroxylation is 1. The van der Waals surface area contributed by atoms with E-state index >= 15 is 0 Å². The number of anilines is 1. The SMILES string of the molecule is COC(=O)N1c2ccc3c(nc([C@@H](O)CC4CCCC4)n3[C@@H]3CCC[C@@H](C(C)=O)C3)c2CC[C@@H]1C. The predicted molar refractivity (Wildman–Crippen MR) is 136 cm³/mol. The molecule has 190 valence electrons. The Morgan fingerprint density at radius 1 is 1.14 bits per heavy atom. The number of nitrogens with zero attached hydrogens (tertiary/aromatic N) is 3. The van der Waals surface area contributed by atoms with Crippen LogP contribution >= 0.6 is 0 Å². The molecule has 0 bridgehead atoms. The van der Waals surface area contributed by atoms with Crippen LogP contribution in [-0.2, 0) is 16.0 Å². The Kier molecular flexibility index (Phi) is 6.88. The van der Waals surface area contributed by atoms with E-state index in [-0.39, 0.29) is 29.9 Å². The van der Waals surface area contributed by atoms with Crippen molar-refractivity contribution in [3.8, 4) is 0 Å². The molecule has 2 fully saturated rings. The molecule has 3 aliphatic rings. The molecule has 7 nitrogen and oxygen atoms in total. The van der Waals surface area contributed by atoms with E-state index in [1.54, 1.807) is 11.8 Å². The number of fused-ring (bicyclic) bond motifs is 3. The van der Waals surface area contributed by atoms with Crippen molar-refractivity contribution in [3.63, 3.8) is 0 Å². The highest BCUT2D eigenvalue weighted by Crippen LogP contribution is 2.43. The number of hydrogen-bond donors (Lipinski definition) is 1. The van der Waals surface area contributed by atoms with Gasteiger partial charge < -0.3 is 14.4 Å². The summed E-state index contributed by atoms with van der Waals surface area (Å²) >= 11 is 0. The molecular formula is C28H39N3O4. The van der Waals surface area contributed by atoms with Gasteiger partial charge in [0.15, 0.2) is 0 Å². The van der Waals surface area contributed by atoms with Crippen molar-refractivity contribution in [3.05, 3.63) is 23.5 Å². The van der Waals surface area contributed by atoms with Gasteiger partial charge in [0.25, 0.3) is 0 Å². The fraction of sp³-hybridized carbons (Fsp3) is 0.679. The van der Waals surface area contributed by atoms with Crippen LogP contribution in [0.1, 0.15) is 102 Å². The van der Waals surface area contributed by atoms with Crippen molar-refractivity contribution >= 4 is 28.6 Å². The van der Waals surface area contributed by atoms with E-state index in [0.29, 0.717) is 5.92 Å². The number of imidazole rings is 1. The van der Waals surface area contributed by atoms with Crippen LogP contribution < -0.4 is 4.90 Å². The highest BCUT2D eigenvalue weighted by atomic mass is 16.5. The quantitative estimate of drug-likeness (QED) is 0.577. The van der Waals surface area contributed by atoms with Crippen LogP contribution in [0.3, 0.4) is 0 Å². The number of methoxy groups -OCH3 is 1. The van der Waals surface area contributed by atoms with Crippen molar-refractivity contribution < 1.29 is 19.4 Å². The second kappa shape index (κ2) is 9.92. The minimum atomic E-state index is -0.627. The summed E-state index contributed by atoms with van der Waals surface area (Å²) < 4.78 is 7.34. The highest BCUT2D eigenvalue weighted by Gasteiger charge is 2.35. The lowest BCUT2D eigenvalue weighted by molar-refractivity contribution is -0.122. The number of Topliss-reactive ketones (excluding diaryl/α,β-unsaturated/α-hetero) is 1. The van der Waals surface area contributed by atoms with Gasteiger partial charge in [0, 0.05) is 23.6 Å².